The highest BCUT2D eigenvalue weighted by Gasteiger charge is 2.51. The van der Waals surface area contributed by atoms with Gasteiger partial charge in [0.15, 0.2) is 5.82 Å². The van der Waals surface area contributed by atoms with Crippen molar-refractivity contribution in [1.29, 1.82) is 5.26 Å². The van der Waals surface area contributed by atoms with Crippen molar-refractivity contribution in [3.63, 3.8) is 0 Å². The molecule has 3 saturated heterocycles. The number of hydrogen-bond donors (Lipinski definition) is 1. The van der Waals surface area contributed by atoms with Gasteiger partial charge in [0.2, 0.25) is 5.91 Å². The van der Waals surface area contributed by atoms with E-state index in [1.165, 1.54) is 0 Å². The first-order chi connectivity index (χ1) is 25.2. The van der Waals surface area contributed by atoms with Gasteiger partial charge in [-0.25, -0.2) is 9.37 Å². The number of carbonyl (C=O) groups excluding carboxylic acids is 1. The third kappa shape index (κ3) is 5.41. The van der Waals surface area contributed by atoms with Crippen molar-refractivity contribution in [3.05, 3.63) is 87.4 Å². The molecule has 0 radical (unpaired) electrons. The Morgan fingerprint density at radius 2 is 1.90 bits per heavy atom. The molecule has 1 N–H and O–H groups in total. The molecule has 5 heterocycles. The number of aromatic nitrogens is 2. The molecule has 5 unspecified atom stereocenters. The van der Waals surface area contributed by atoms with E-state index in [1.54, 1.807) is 25.3 Å². The van der Waals surface area contributed by atoms with Crippen LogP contribution in [0.2, 0.25) is 10.0 Å². The molecule has 52 heavy (non-hydrogen) atoms. The smallest absolute Gasteiger partial charge is 0.226 e. The van der Waals surface area contributed by atoms with Crippen LogP contribution in [-0.2, 0) is 11.2 Å². The fraction of sp³-hybridized carbons (Fsp3) is 0.390. The largest absolute Gasteiger partial charge is 0.497 e. The number of pyridine rings is 1. The van der Waals surface area contributed by atoms with E-state index in [9.17, 15) is 10.1 Å². The Morgan fingerprint density at radius 3 is 2.63 bits per heavy atom. The Balaban J connectivity index is 1.25. The van der Waals surface area contributed by atoms with Crippen LogP contribution in [0, 0.1) is 35.9 Å². The van der Waals surface area contributed by atoms with Gasteiger partial charge < -0.3 is 24.3 Å². The van der Waals surface area contributed by atoms with E-state index in [-0.39, 0.29) is 53.0 Å². The van der Waals surface area contributed by atoms with Crippen LogP contribution in [0.3, 0.4) is 0 Å². The average molecular weight is 739 g/mol. The number of ether oxygens (including phenoxy) is 2. The number of nitriles is 1. The predicted molar refractivity (Wildman–Crippen MR) is 199 cm³/mol. The SMILES string of the molecule is COc1cccc(OC2CC(c3cc4c(C)nc5c(F)c(-c6cccc(Cl)c6Cl)c(CCC#N)cc5c4n3C3C4CNC3C4)N(C(=O)C3CC3)C2)c1. The van der Waals surface area contributed by atoms with Crippen molar-refractivity contribution in [1.82, 2.24) is 19.8 Å². The maximum absolute atomic E-state index is 17.2. The quantitative estimate of drug-likeness (QED) is 0.163. The van der Waals surface area contributed by atoms with Crippen LogP contribution in [0.1, 0.15) is 61.1 Å². The Labute approximate surface area is 311 Å². The monoisotopic (exact) mass is 737 g/mol. The van der Waals surface area contributed by atoms with Crippen LogP contribution in [0.25, 0.3) is 32.9 Å². The van der Waals surface area contributed by atoms with Crippen LogP contribution < -0.4 is 14.8 Å². The molecule has 5 aromatic rings. The normalized spacial score (nSPS) is 23.6. The van der Waals surface area contributed by atoms with Crippen LogP contribution in [0.4, 0.5) is 4.39 Å². The maximum atomic E-state index is 17.2. The molecule has 5 aliphatic rings. The Bertz CT molecular complexity index is 2300. The van der Waals surface area contributed by atoms with Crippen LogP contribution in [-0.4, -0.2) is 52.7 Å². The zero-order valence-corrected chi connectivity index (χ0v) is 30.5. The highest BCUT2D eigenvalue weighted by Crippen LogP contribution is 2.51. The average Bonchev–Trinajstić information content (AvgIpc) is 3.43. The predicted octanol–water partition coefficient (Wildman–Crippen LogP) is 8.74. The van der Waals surface area contributed by atoms with Gasteiger partial charge in [0, 0.05) is 70.7 Å². The number of amides is 1. The first-order valence-corrected chi connectivity index (χ1v) is 18.8. The molecular formula is C41H38Cl2FN5O3. The van der Waals surface area contributed by atoms with Crippen molar-refractivity contribution < 1.29 is 18.7 Å². The lowest BCUT2D eigenvalue weighted by atomic mass is 9.79. The molecule has 3 aromatic carbocycles. The maximum Gasteiger partial charge on any atom is 0.226 e. The van der Waals surface area contributed by atoms with Crippen LogP contribution >= 0.6 is 23.2 Å². The van der Waals surface area contributed by atoms with Crippen molar-refractivity contribution in [2.45, 2.75) is 69.7 Å². The first kappa shape index (κ1) is 33.5. The number of nitrogens with zero attached hydrogens (tertiary/aromatic N) is 4. The molecule has 5 atom stereocenters. The van der Waals surface area contributed by atoms with Crippen LogP contribution in [0.5, 0.6) is 11.5 Å². The molecule has 5 fully saturated rings. The standard InChI is InChI=1S/C41H38Cl2FN5O3/c1-21-29-18-34(33-17-27(20-48(33)41(50)22-11-12-22)52-26-8-3-7-25(16-26)51-2)49(39-24-15-32(39)46-19-24)40(29)30-14-23(6-5-13-45)35(37(44)38(30)47-21)28-9-4-10-31(42)36(28)43/h3-4,7-10,14,16,18,22,24,27,32-33,39,46H,5-6,11-12,15,17,19-20H2,1-2H3. The summed E-state index contributed by atoms with van der Waals surface area (Å²) in [5.41, 5.74) is 4.36. The molecule has 8 nitrogen and oxygen atoms in total. The fourth-order valence-electron chi connectivity index (χ4n) is 8.94. The Kier molecular flexibility index (Phi) is 8.33. The van der Waals surface area contributed by atoms with Gasteiger partial charge in [0.05, 0.1) is 47.4 Å². The minimum atomic E-state index is -0.484. The van der Waals surface area contributed by atoms with E-state index < -0.39 is 5.82 Å². The van der Waals surface area contributed by atoms with E-state index in [0.717, 1.165) is 42.4 Å². The number of fused-ring (bicyclic) bond motifs is 4. The number of nitrogens with one attached hydrogen (secondary N) is 1. The van der Waals surface area contributed by atoms with E-state index >= 15 is 4.39 Å². The molecule has 1 amide bonds. The van der Waals surface area contributed by atoms with E-state index in [2.05, 4.69) is 22.0 Å². The summed E-state index contributed by atoms with van der Waals surface area (Å²) in [7, 11) is 1.63. The second kappa shape index (κ2) is 12.9. The second-order valence-electron chi connectivity index (χ2n) is 14.7. The summed E-state index contributed by atoms with van der Waals surface area (Å²) < 4.78 is 31.6. The van der Waals surface area contributed by atoms with E-state index in [4.69, 9.17) is 37.7 Å². The van der Waals surface area contributed by atoms with E-state index in [0.29, 0.717) is 69.6 Å². The summed E-state index contributed by atoms with van der Waals surface area (Å²) in [5.74, 6) is 1.54. The van der Waals surface area contributed by atoms with Crippen molar-refractivity contribution in [2.24, 2.45) is 11.8 Å². The number of benzene rings is 3. The van der Waals surface area contributed by atoms with Crippen molar-refractivity contribution in [2.75, 3.05) is 20.2 Å². The molecule has 2 aromatic heterocycles. The number of likely N-dealkylation sites (tertiary alicyclic amines) is 1. The second-order valence-corrected chi connectivity index (χ2v) is 15.5. The van der Waals surface area contributed by atoms with Crippen molar-refractivity contribution >= 4 is 50.9 Å². The van der Waals surface area contributed by atoms with Crippen molar-refractivity contribution in [3.8, 4) is 28.7 Å². The van der Waals surface area contributed by atoms with Crippen LogP contribution in [0.15, 0.2) is 54.6 Å². The summed E-state index contributed by atoms with van der Waals surface area (Å²) in [6.45, 7) is 3.31. The Hall–Kier alpha value is -4.36. The summed E-state index contributed by atoms with van der Waals surface area (Å²) >= 11 is 13.1. The fourth-order valence-corrected chi connectivity index (χ4v) is 9.33. The van der Waals surface area contributed by atoms with Gasteiger partial charge >= 0.3 is 0 Å². The highest BCUT2D eigenvalue weighted by atomic mass is 35.5. The molecule has 2 saturated carbocycles. The zero-order valence-electron chi connectivity index (χ0n) is 29.0. The number of halogens is 3. The van der Waals surface area contributed by atoms with Gasteiger partial charge in [-0.05, 0) is 74.4 Å². The van der Waals surface area contributed by atoms with E-state index in [1.807, 2.05) is 42.2 Å². The van der Waals surface area contributed by atoms with Gasteiger partial charge in [-0.3, -0.25) is 4.79 Å². The number of rotatable bonds is 9. The topological polar surface area (TPSA) is 92.4 Å². The van der Waals surface area contributed by atoms with Gasteiger partial charge in [0.1, 0.15) is 23.1 Å². The summed E-state index contributed by atoms with van der Waals surface area (Å²) in [4.78, 5) is 21.0. The Morgan fingerprint density at radius 1 is 1.10 bits per heavy atom. The lowest BCUT2D eigenvalue weighted by Gasteiger charge is -2.39. The molecule has 10 rings (SSSR count). The third-order valence-electron chi connectivity index (χ3n) is 11.6. The molecular weight excluding hydrogens is 700 g/mol. The number of methoxy groups -OCH3 is 1. The van der Waals surface area contributed by atoms with Gasteiger partial charge in [-0.2, -0.15) is 5.26 Å². The molecule has 2 bridgehead atoms. The third-order valence-corrected chi connectivity index (χ3v) is 12.4. The van der Waals surface area contributed by atoms with Gasteiger partial charge in [0.25, 0.3) is 0 Å². The molecule has 266 valence electrons. The number of aryl methyl sites for hydroxylation is 2. The van der Waals surface area contributed by atoms with Gasteiger partial charge in [-0.1, -0.05) is 41.4 Å². The van der Waals surface area contributed by atoms with Gasteiger partial charge in [-0.15, -0.1) is 0 Å². The molecule has 3 aliphatic heterocycles. The minimum Gasteiger partial charge on any atom is -0.497 e. The molecule has 0 spiro atoms. The molecule has 11 heteroatoms. The summed E-state index contributed by atoms with van der Waals surface area (Å²) in [6.07, 6.45) is 3.81. The summed E-state index contributed by atoms with van der Waals surface area (Å²) in [6, 6.07) is 19.4. The summed E-state index contributed by atoms with van der Waals surface area (Å²) in [5, 5.41) is 15.5. The minimum absolute atomic E-state index is 0.0372. The highest BCUT2D eigenvalue weighted by molar-refractivity contribution is 6.43. The number of carbonyl (C=O) groups is 1. The molecule has 2 aliphatic carbocycles. The lowest BCUT2D eigenvalue weighted by Crippen LogP contribution is -2.41. The number of hydrogen-bond acceptors (Lipinski definition) is 6. The zero-order chi connectivity index (χ0) is 35.8. The first-order valence-electron chi connectivity index (χ1n) is 18.1. The lowest BCUT2D eigenvalue weighted by molar-refractivity contribution is -0.133.